The molecule has 0 bridgehead atoms. The van der Waals surface area contributed by atoms with Gasteiger partial charge in [0.1, 0.15) is 42.3 Å². The molecule has 91 heavy (non-hydrogen) atoms. The van der Waals surface area contributed by atoms with E-state index < -0.39 is 176 Å². The number of nitrogens with zero attached hydrogens (tertiary/aromatic N) is 2. The zero-order chi connectivity index (χ0) is 68.2. The molecule has 0 aliphatic heterocycles. The molecule has 0 saturated heterocycles. The fourth-order valence-corrected chi connectivity index (χ4v) is 9.39. The maximum absolute atomic E-state index is 14.2. The van der Waals surface area contributed by atoms with Crippen LogP contribution in [0.4, 0.5) is 0 Å². The first-order valence-corrected chi connectivity index (χ1v) is 30.3. The second kappa shape index (κ2) is 41.9. The number of aliphatic carboxylic acids is 1. The summed E-state index contributed by atoms with van der Waals surface area (Å²) in [5.41, 5.74) is 33.8. The largest absolute Gasteiger partial charge is 0.481 e. The Hall–Kier alpha value is -9.21. The van der Waals surface area contributed by atoms with Crippen LogP contribution in [0.15, 0.2) is 40.3 Å². The number of carbonyl (C=O) groups excluding carboxylic acids is 12. The van der Waals surface area contributed by atoms with Gasteiger partial charge in [0.2, 0.25) is 70.9 Å². The van der Waals surface area contributed by atoms with E-state index in [1.165, 1.54) is 0 Å². The van der Waals surface area contributed by atoms with Gasteiger partial charge in [0.05, 0.1) is 45.2 Å². The lowest BCUT2D eigenvalue weighted by Gasteiger charge is -2.29. The Balaban J connectivity index is 2.23. The number of nitrogens with one attached hydrogen (secondary N) is 11. The Bertz CT molecular complexity index is 2670. The lowest BCUT2D eigenvalue weighted by molar-refractivity contribution is -0.142. The summed E-state index contributed by atoms with van der Waals surface area (Å²) in [5, 5.41) is 46.6. The second-order valence-electron chi connectivity index (χ2n) is 22.3. The first kappa shape index (κ1) is 77.9. The summed E-state index contributed by atoms with van der Waals surface area (Å²) >= 11 is 0. The fourth-order valence-electron chi connectivity index (χ4n) is 9.39. The maximum Gasteiger partial charge on any atom is 0.305 e. The number of rotatable bonds is 42. The summed E-state index contributed by atoms with van der Waals surface area (Å²) in [6, 6.07) is -2.31. The van der Waals surface area contributed by atoms with Gasteiger partial charge in [0.15, 0.2) is 11.9 Å². The highest BCUT2D eigenvalue weighted by atomic mass is 16.4. The molecule has 10 atom stereocenters. The quantitative estimate of drug-likeness (QED) is 0.0164. The number of aliphatic hydroxyl groups excluding tert-OH is 1. The predicted molar refractivity (Wildman–Crippen MR) is 332 cm³/mol. The fraction of sp³-hybridized carbons (Fsp3) is 0.632. The smallest absolute Gasteiger partial charge is 0.305 e. The van der Waals surface area contributed by atoms with Gasteiger partial charge in [-0.05, 0) is 61.8 Å². The SMILES string of the molecule is CC[C@H](C)[C@H](NC(=O)[C@H](CCCN=C(N)N)NC(=O)[C@H](CC(=O)O)NC(=O)[C@@H](NC(=O)[C@H](CCCN=C(N)N)NC(=O)CNC(=O)CNC(=O)[C@H](CC1CCCCC1)NC(=O)CNC(=O)[C@H](CO)NC(=O)[C@H](N)Cc1ccccc1)[C@@H](C)CC)C(=O)NCC(N)=O. The number of guanidine groups is 2. The molecule has 0 unspecified atom stereocenters. The van der Waals surface area contributed by atoms with Crippen molar-refractivity contribution in [3.8, 4) is 0 Å². The van der Waals surface area contributed by atoms with Gasteiger partial charge >= 0.3 is 5.97 Å². The minimum atomic E-state index is -1.87. The summed E-state index contributed by atoms with van der Waals surface area (Å²) in [6.45, 7) is 3.17. The van der Waals surface area contributed by atoms with Crippen molar-refractivity contribution in [2.24, 2.45) is 62.1 Å². The number of aliphatic hydroxyl groups is 1. The molecular formula is C57H95N19O15. The molecule has 0 heterocycles. The van der Waals surface area contributed by atoms with Crippen LogP contribution in [0.2, 0.25) is 0 Å². The van der Waals surface area contributed by atoms with Crippen LogP contribution in [0, 0.1) is 17.8 Å². The minimum absolute atomic E-state index is 0.0140. The Labute approximate surface area is 528 Å². The molecule has 1 aliphatic carbocycles. The van der Waals surface area contributed by atoms with Gasteiger partial charge in [-0.3, -0.25) is 72.3 Å². The molecule has 34 heteroatoms. The second-order valence-corrected chi connectivity index (χ2v) is 22.3. The van der Waals surface area contributed by atoms with Crippen LogP contribution < -0.4 is 92.9 Å². The maximum atomic E-state index is 14.2. The number of nitrogens with two attached hydrogens (primary N) is 6. The molecule has 12 amide bonds. The highest BCUT2D eigenvalue weighted by Crippen LogP contribution is 2.27. The molecule has 508 valence electrons. The molecule has 1 aliphatic rings. The molecule has 0 radical (unpaired) electrons. The third kappa shape index (κ3) is 31.2. The number of carboxylic acid groups (broad SMARTS) is 1. The van der Waals surface area contributed by atoms with Gasteiger partial charge < -0.3 is 103 Å². The van der Waals surface area contributed by atoms with Crippen molar-refractivity contribution in [1.29, 1.82) is 0 Å². The summed E-state index contributed by atoms with van der Waals surface area (Å²) in [5.74, 6) is -13.9. The van der Waals surface area contributed by atoms with Crippen LogP contribution in [0.1, 0.15) is 117 Å². The molecular weight excluding hydrogens is 1190 g/mol. The van der Waals surface area contributed by atoms with E-state index in [1.54, 1.807) is 58.0 Å². The monoisotopic (exact) mass is 1290 g/mol. The zero-order valence-electron chi connectivity index (χ0n) is 52.1. The van der Waals surface area contributed by atoms with Crippen LogP contribution in [0.25, 0.3) is 0 Å². The van der Waals surface area contributed by atoms with Gasteiger partial charge in [-0.25, -0.2) is 0 Å². The summed E-state index contributed by atoms with van der Waals surface area (Å²) in [6.07, 6.45) is 4.09. The van der Waals surface area contributed by atoms with Crippen LogP contribution in [-0.2, 0) is 68.7 Å². The highest BCUT2D eigenvalue weighted by Gasteiger charge is 2.36. The number of hydrogen-bond acceptors (Lipinski definition) is 17. The Morgan fingerprint density at radius 3 is 1.47 bits per heavy atom. The highest BCUT2D eigenvalue weighted by molar-refractivity contribution is 5.99. The topological polar surface area (TPSA) is 576 Å². The van der Waals surface area contributed by atoms with Crippen LogP contribution in [-0.4, -0.2) is 193 Å². The number of aliphatic imine (C=N–C) groups is 2. The van der Waals surface area contributed by atoms with Crippen molar-refractivity contribution in [2.75, 3.05) is 45.9 Å². The van der Waals surface area contributed by atoms with Crippen molar-refractivity contribution in [3.63, 3.8) is 0 Å². The molecule has 0 aromatic heterocycles. The zero-order valence-corrected chi connectivity index (χ0v) is 52.1. The van der Waals surface area contributed by atoms with Gasteiger partial charge in [-0.1, -0.05) is 103 Å². The van der Waals surface area contributed by atoms with Gasteiger partial charge in [0.25, 0.3) is 0 Å². The Morgan fingerprint density at radius 1 is 0.516 bits per heavy atom. The molecule has 2 rings (SSSR count). The van der Waals surface area contributed by atoms with Crippen molar-refractivity contribution < 1.29 is 72.5 Å². The van der Waals surface area contributed by atoms with E-state index in [0.29, 0.717) is 6.42 Å². The number of hydrogen-bond donors (Lipinski definition) is 19. The van der Waals surface area contributed by atoms with Gasteiger partial charge in [0, 0.05) is 13.1 Å². The van der Waals surface area contributed by atoms with Crippen molar-refractivity contribution in [3.05, 3.63) is 35.9 Å². The van der Waals surface area contributed by atoms with Crippen LogP contribution >= 0.6 is 0 Å². The third-order valence-electron chi connectivity index (χ3n) is 14.9. The van der Waals surface area contributed by atoms with Crippen molar-refractivity contribution in [1.82, 2.24) is 58.5 Å². The number of amides is 12. The van der Waals surface area contributed by atoms with Gasteiger partial charge in [-0.15, -0.1) is 0 Å². The molecule has 1 fully saturated rings. The number of primary amides is 1. The Kier molecular flexibility index (Phi) is 35.9. The number of benzene rings is 1. The average Bonchev–Trinajstić information content (AvgIpc) is 2.27. The molecule has 1 saturated carbocycles. The molecule has 1 aromatic carbocycles. The van der Waals surface area contributed by atoms with E-state index in [1.807, 2.05) is 0 Å². The molecule has 25 N–H and O–H groups in total. The lowest BCUT2D eigenvalue weighted by Crippen LogP contribution is -2.61. The summed E-state index contributed by atoms with van der Waals surface area (Å²) in [4.78, 5) is 180. The predicted octanol–water partition coefficient (Wildman–Crippen LogP) is -6.46. The van der Waals surface area contributed by atoms with E-state index in [-0.39, 0.29) is 75.9 Å². The van der Waals surface area contributed by atoms with E-state index in [2.05, 4.69) is 68.5 Å². The average molecular weight is 1290 g/mol. The standard InChI is InChI=1S/C57H95N19O15/c1-5-31(3)46(54(90)67-26-41(59)78)75-52(88)37(20-14-22-65-57(62)63)72-53(89)39(25-45(82)83)73-55(91)47(32(4)6-2)76-51(87)36(19-13-21-64-56(60)61)70-43(80)28-66-42(79)27-68-49(85)38(24-34-17-11-8-12-18-34)71-44(81)29-69-50(86)40(30-77)74-48(84)35(58)23-33-15-9-7-10-16-33/h7,9-10,15-16,31-32,34-40,46-47,77H,5-6,8,11-14,17-30,58H2,1-4H3,(H2,59,78)(H,66,79)(H,67,90)(H,68,85)(H,69,86)(H,70,80)(H,71,81)(H,72,89)(H,73,91)(H,74,84)(H,75,88)(H,76,87)(H,82,83)(H4,60,61,64)(H4,62,63,65)/t31-,32-,35+,36-,37-,38-,39-,40-,46-,47-/m0/s1. The minimum Gasteiger partial charge on any atom is -0.481 e. The van der Waals surface area contributed by atoms with Crippen molar-refractivity contribution >= 4 is 88.8 Å². The molecule has 0 spiro atoms. The summed E-state index contributed by atoms with van der Waals surface area (Å²) in [7, 11) is 0. The van der Waals surface area contributed by atoms with E-state index in [0.717, 1.165) is 37.7 Å². The normalized spacial score (nSPS) is 15.3. The van der Waals surface area contributed by atoms with E-state index in [4.69, 9.17) is 34.4 Å². The molecule has 34 nitrogen and oxygen atoms in total. The summed E-state index contributed by atoms with van der Waals surface area (Å²) < 4.78 is 0. The van der Waals surface area contributed by atoms with Gasteiger partial charge in [-0.2, -0.15) is 0 Å². The first-order chi connectivity index (χ1) is 43.1. The Morgan fingerprint density at radius 2 is 0.967 bits per heavy atom. The number of carboxylic acids is 1. The van der Waals surface area contributed by atoms with E-state index >= 15 is 0 Å². The first-order valence-electron chi connectivity index (χ1n) is 30.3. The number of carbonyl (C=O) groups is 13. The lowest BCUT2D eigenvalue weighted by atomic mass is 9.84. The third-order valence-corrected chi connectivity index (χ3v) is 14.9. The van der Waals surface area contributed by atoms with E-state index in [9.17, 15) is 72.5 Å². The van der Waals surface area contributed by atoms with Crippen molar-refractivity contribution in [2.45, 2.75) is 166 Å². The van der Waals surface area contributed by atoms with Crippen LogP contribution in [0.3, 0.4) is 0 Å². The molecule has 1 aromatic rings. The van der Waals surface area contributed by atoms with Crippen LogP contribution in [0.5, 0.6) is 0 Å².